The quantitative estimate of drug-likeness (QED) is 0.825. The first-order valence-corrected chi connectivity index (χ1v) is 6.37. The third-order valence-corrected chi connectivity index (χ3v) is 3.16. The highest BCUT2D eigenvalue weighted by atomic mass is 35.5. The van der Waals surface area contributed by atoms with Gasteiger partial charge in [0.15, 0.2) is 0 Å². The lowest BCUT2D eigenvalue weighted by Gasteiger charge is -2.28. The summed E-state index contributed by atoms with van der Waals surface area (Å²) in [7, 11) is 0. The summed E-state index contributed by atoms with van der Waals surface area (Å²) in [6, 6.07) is 1.83. The molecule has 0 saturated carbocycles. The fraction of sp³-hybridized carbons (Fsp3) is 0.667. The van der Waals surface area contributed by atoms with Crippen LogP contribution in [0.3, 0.4) is 0 Å². The molecule has 1 aliphatic rings. The van der Waals surface area contributed by atoms with Crippen molar-refractivity contribution in [1.29, 1.82) is 0 Å². The Morgan fingerprint density at radius 2 is 1.88 bits per heavy atom. The number of piperidine rings is 1. The van der Waals surface area contributed by atoms with E-state index in [4.69, 9.17) is 11.6 Å². The van der Waals surface area contributed by atoms with Crippen LogP contribution in [0, 0.1) is 0 Å². The lowest BCUT2D eigenvalue weighted by atomic mass is 10.0. The van der Waals surface area contributed by atoms with E-state index in [1.165, 1.54) is 19.3 Å². The van der Waals surface area contributed by atoms with Crippen LogP contribution in [-0.2, 0) is 5.60 Å². The van der Waals surface area contributed by atoms with Crippen molar-refractivity contribution in [3.8, 4) is 0 Å². The first-order valence-electron chi connectivity index (χ1n) is 5.99. The van der Waals surface area contributed by atoms with Crippen LogP contribution in [0.5, 0.6) is 0 Å². The van der Waals surface area contributed by atoms with Gasteiger partial charge in [-0.1, -0.05) is 0 Å². The summed E-state index contributed by atoms with van der Waals surface area (Å²) in [5, 5.41) is 10.2. The molecule has 1 saturated heterocycles. The molecule has 2 rings (SSSR count). The number of rotatable bonds is 2. The number of aromatic nitrogens is 2. The van der Waals surface area contributed by atoms with Crippen LogP contribution in [0.1, 0.15) is 38.8 Å². The van der Waals surface area contributed by atoms with E-state index in [0.29, 0.717) is 5.69 Å². The maximum Gasteiger partial charge on any atom is 0.224 e. The van der Waals surface area contributed by atoms with Gasteiger partial charge < -0.3 is 10.0 Å². The van der Waals surface area contributed by atoms with Crippen LogP contribution in [0.4, 0.5) is 5.82 Å². The number of halogens is 1. The smallest absolute Gasteiger partial charge is 0.224 e. The average Bonchev–Trinajstić information content (AvgIpc) is 2.28. The average molecular weight is 256 g/mol. The van der Waals surface area contributed by atoms with Gasteiger partial charge in [0.2, 0.25) is 5.28 Å². The molecule has 0 bridgehead atoms. The molecule has 0 amide bonds. The Morgan fingerprint density at radius 3 is 2.47 bits per heavy atom. The molecule has 5 heteroatoms. The zero-order valence-electron chi connectivity index (χ0n) is 10.3. The molecule has 1 N–H and O–H groups in total. The normalized spacial score (nSPS) is 17.3. The first kappa shape index (κ1) is 12.6. The predicted molar refractivity (Wildman–Crippen MR) is 68.4 cm³/mol. The molecule has 0 spiro atoms. The topological polar surface area (TPSA) is 49.2 Å². The summed E-state index contributed by atoms with van der Waals surface area (Å²) in [5.74, 6) is 0.821. The highest BCUT2D eigenvalue weighted by Crippen LogP contribution is 2.25. The van der Waals surface area contributed by atoms with E-state index in [-0.39, 0.29) is 5.28 Å². The van der Waals surface area contributed by atoms with E-state index in [1.54, 1.807) is 13.8 Å². The molecule has 0 aliphatic carbocycles. The minimum atomic E-state index is -0.989. The van der Waals surface area contributed by atoms with Crippen LogP contribution in [-0.4, -0.2) is 28.2 Å². The maximum atomic E-state index is 9.97. The van der Waals surface area contributed by atoms with Crippen LogP contribution in [0.15, 0.2) is 6.07 Å². The van der Waals surface area contributed by atoms with Gasteiger partial charge in [-0.2, -0.15) is 0 Å². The van der Waals surface area contributed by atoms with Gasteiger partial charge in [0.1, 0.15) is 11.4 Å². The van der Waals surface area contributed by atoms with Gasteiger partial charge in [-0.3, -0.25) is 0 Å². The summed E-state index contributed by atoms with van der Waals surface area (Å²) < 4.78 is 0. The Labute approximate surface area is 107 Å². The second-order valence-corrected chi connectivity index (χ2v) is 5.33. The highest BCUT2D eigenvalue weighted by Gasteiger charge is 2.22. The monoisotopic (exact) mass is 255 g/mol. The van der Waals surface area contributed by atoms with Crippen molar-refractivity contribution in [2.45, 2.75) is 38.7 Å². The fourth-order valence-corrected chi connectivity index (χ4v) is 2.18. The number of aliphatic hydroxyl groups is 1. The Kier molecular flexibility index (Phi) is 3.54. The minimum Gasteiger partial charge on any atom is -0.384 e. The fourth-order valence-electron chi connectivity index (χ4n) is 2.00. The van der Waals surface area contributed by atoms with Crippen LogP contribution in [0.25, 0.3) is 0 Å². The minimum absolute atomic E-state index is 0.199. The molecule has 1 fully saturated rings. The molecule has 0 aromatic carbocycles. The Bertz CT molecular complexity index is 397. The van der Waals surface area contributed by atoms with Gasteiger partial charge in [0.25, 0.3) is 0 Å². The van der Waals surface area contributed by atoms with E-state index in [1.807, 2.05) is 6.07 Å². The molecule has 94 valence electrons. The van der Waals surface area contributed by atoms with Crippen molar-refractivity contribution >= 4 is 17.4 Å². The highest BCUT2D eigenvalue weighted by molar-refractivity contribution is 6.28. The van der Waals surface area contributed by atoms with Crippen molar-refractivity contribution in [1.82, 2.24) is 9.97 Å². The summed E-state index contributed by atoms with van der Waals surface area (Å²) >= 11 is 5.92. The molecular formula is C12H18ClN3O. The summed E-state index contributed by atoms with van der Waals surface area (Å²) in [4.78, 5) is 10.5. The number of hydrogen-bond donors (Lipinski definition) is 1. The number of anilines is 1. The molecule has 2 heterocycles. The van der Waals surface area contributed by atoms with E-state index >= 15 is 0 Å². The molecular weight excluding hydrogens is 238 g/mol. The largest absolute Gasteiger partial charge is 0.384 e. The van der Waals surface area contributed by atoms with Gasteiger partial charge in [-0.15, -0.1) is 0 Å². The second kappa shape index (κ2) is 4.78. The van der Waals surface area contributed by atoms with E-state index in [2.05, 4.69) is 14.9 Å². The zero-order valence-corrected chi connectivity index (χ0v) is 11.0. The molecule has 1 aromatic rings. The third-order valence-electron chi connectivity index (χ3n) is 2.99. The molecule has 0 radical (unpaired) electrons. The standard InChI is InChI=1S/C12H18ClN3O/c1-12(2,17)9-8-10(15-11(13)14-9)16-6-4-3-5-7-16/h8,17H,3-7H2,1-2H3. The summed E-state index contributed by atoms with van der Waals surface area (Å²) in [6.45, 7) is 5.40. The molecule has 4 nitrogen and oxygen atoms in total. The van der Waals surface area contributed by atoms with E-state index in [9.17, 15) is 5.11 Å². The SMILES string of the molecule is CC(C)(O)c1cc(N2CCCCC2)nc(Cl)n1. The molecule has 0 atom stereocenters. The number of hydrogen-bond acceptors (Lipinski definition) is 4. The maximum absolute atomic E-state index is 9.97. The van der Waals surface area contributed by atoms with Gasteiger partial charge in [-0.05, 0) is 44.7 Å². The van der Waals surface area contributed by atoms with Crippen molar-refractivity contribution in [3.63, 3.8) is 0 Å². The number of nitrogens with zero attached hydrogens (tertiary/aromatic N) is 3. The van der Waals surface area contributed by atoms with Crippen molar-refractivity contribution in [2.75, 3.05) is 18.0 Å². The zero-order chi connectivity index (χ0) is 12.5. The Morgan fingerprint density at radius 1 is 1.24 bits per heavy atom. The van der Waals surface area contributed by atoms with Crippen LogP contribution < -0.4 is 4.90 Å². The summed E-state index contributed by atoms with van der Waals surface area (Å²) in [6.07, 6.45) is 3.63. The first-order chi connectivity index (χ1) is 7.97. The van der Waals surface area contributed by atoms with E-state index in [0.717, 1.165) is 18.9 Å². The molecule has 1 aliphatic heterocycles. The van der Waals surface area contributed by atoms with Gasteiger partial charge >= 0.3 is 0 Å². The molecule has 17 heavy (non-hydrogen) atoms. The summed E-state index contributed by atoms with van der Waals surface area (Å²) in [5.41, 5.74) is -0.421. The second-order valence-electron chi connectivity index (χ2n) is 4.99. The van der Waals surface area contributed by atoms with Crippen LogP contribution in [0.2, 0.25) is 5.28 Å². The lowest BCUT2D eigenvalue weighted by molar-refractivity contribution is 0.0737. The van der Waals surface area contributed by atoms with Crippen LogP contribution >= 0.6 is 11.6 Å². The third kappa shape index (κ3) is 3.07. The van der Waals surface area contributed by atoms with Gasteiger partial charge in [0, 0.05) is 19.2 Å². The van der Waals surface area contributed by atoms with Crippen molar-refractivity contribution < 1.29 is 5.11 Å². The lowest BCUT2D eigenvalue weighted by Crippen LogP contribution is -2.31. The Balaban J connectivity index is 2.31. The van der Waals surface area contributed by atoms with Crippen molar-refractivity contribution in [3.05, 3.63) is 17.0 Å². The van der Waals surface area contributed by atoms with Crippen molar-refractivity contribution in [2.24, 2.45) is 0 Å². The molecule has 0 unspecified atom stereocenters. The van der Waals surface area contributed by atoms with Gasteiger partial charge in [-0.25, -0.2) is 9.97 Å². The molecule has 1 aromatic heterocycles. The van der Waals surface area contributed by atoms with E-state index < -0.39 is 5.60 Å². The Hall–Kier alpha value is -0.870. The predicted octanol–water partition coefficient (Wildman–Crippen LogP) is 2.35. The van der Waals surface area contributed by atoms with Gasteiger partial charge in [0.05, 0.1) is 5.69 Å².